The fraction of sp³-hybridized carbons (Fsp3) is 0.188. The first kappa shape index (κ1) is 14.2. The highest BCUT2D eigenvalue weighted by Crippen LogP contribution is 2.22. The summed E-state index contributed by atoms with van der Waals surface area (Å²) in [7, 11) is 0. The lowest BCUT2D eigenvalue weighted by atomic mass is 10.2. The Kier molecular flexibility index (Phi) is 3.99. The summed E-state index contributed by atoms with van der Waals surface area (Å²) in [6.07, 6.45) is 0.652. The first-order valence-electron chi connectivity index (χ1n) is 6.65. The van der Waals surface area contributed by atoms with Crippen LogP contribution in [0.2, 0.25) is 4.34 Å². The molecule has 3 nitrogen and oxygen atoms in total. The fourth-order valence-corrected chi connectivity index (χ4v) is 3.17. The minimum atomic E-state index is -0.101. The molecule has 3 rings (SSSR count). The van der Waals surface area contributed by atoms with Crippen LogP contribution in [0.4, 0.5) is 0 Å². The zero-order chi connectivity index (χ0) is 14.8. The maximum Gasteiger partial charge on any atom is 0.261 e. The van der Waals surface area contributed by atoms with E-state index in [2.05, 4.69) is 5.32 Å². The Hall–Kier alpha value is -1.78. The van der Waals surface area contributed by atoms with Crippen molar-refractivity contribution in [1.29, 1.82) is 0 Å². The molecule has 2 heterocycles. The summed E-state index contributed by atoms with van der Waals surface area (Å²) >= 11 is 7.12. The Morgan fingerprint density at radius 2 is 2.14 bits per heavy atom. The number of furan rings is 1. The largest absolute Gasteiger partial charge is 0.461 e. The first-order valence-corrected chi connectivity index (χ1v) is 7.85. The number of fused-ring (bicyclic) bond motifs is 1. The number of hydrogen-bond acceptors (Lipinski definition) is 3. The van der Waals surface area contributed by atoms with E-state index < -0.39 is 0 Å². The monoisotopic (exact) mass is 319 g/mol. The summed E-state index contributed by atoms with van der Waals surface area (Å²) in [6.45, 7) is 1.96. The van der Waals surface area contributed by atoms with E-state index in [1.54, 1.807) is 12.1 Å². The second kappa shape index (κ2) is 5.92. The number of thiophene rings is 1. The van der Waals surface area contributed by atoms with Gasteiger partial charge in [0.05, 0.1) is 9.21 Å². The van der Waals surface area contributed by atoms with Gasteiger partial charge in [0.1, 0.15) is 11.3 Å². The summed E-state index contributed by atoms with van der Waals surface area (Å²) in [6, 6.07) is 13.3. The van der Waals surface area contributed by atoms with Gasteiger partial charge in [-0.3, -0.25) is 4.79 Å². The maximum atomic E-state index is 12.0. The second-order valence-electron chi connectivity index (χ2n) is 4.93. The van der Waals surface area contributed by atoms with Crippen LogP contribution in [0, 0.1) is 0 Å². The van der Waals surface area contributed by atoms with Crippen molar-refractivity contribution in [3.05, 3.63) is 57.4 Å². The van der Waals surface area contributed by atoms with E-state index in [0.29, 0.717) is 15.6 Å². The third-order valence-corrected chi connectivity index (χ3v) is 4.39. The number of benzene rings is 1. The number of carbonyl (C=O) groups excluding carboxylic acids is 1. The maximum absolute atomic E-state index is 12.0. The standard InChI is InChI=1S/C16H14ClNO2S/c1-10(18-16(19)14-6-7-15(17)21-14)8-12-9-11-4-2-3-5-13(11)20-12/h2-7,9-10H,8H2,1H3,(H,18,19). The highest BCUT2D eigenvalue weighted by molar-refractivity contribution is 7.17. The molecule has 5 heteroatoms. The average molecular weight is 320 g/mol. The van der Waals surface area contributed by atoms with Crippen molar-refractivity contribution in [1.82, 2.24) is 5.32 Å². The molecule has 1 aromatic carbocycles. The third-order valence-electron chi connectivity index (χ3n) is 3.16. The van der Waals surface area contributed by atoms with E-state index in [9.17, 15) is 4.79 Å². The van der Waals surface area contributed by atoms with E-state index in [0.717, 1.165) is 16.7 Å². The van der Waals surface area contributed by atoms with Crippen LogP contribution in [-0.4, -0.2) is 11.9 Å². The van der Waals surface area contributed by atoms with Crippen molar-refractivity contribution in [2.24, 2.45) is 0 Å². The van der Waals surface area contributed by atoms with Crippen molar-refractivity contribution < 1.29 is 9.21 Å². The van der Waals surface area contributed by atoms with Crippen LogP contribution in [0.5, 0.6) is 0 Å². The van der Waals surface area contributed by atoms with Gasteiger partial charge in [-0.2, -0.15) is 0 Å². The zero-order valence-corrected chi connectivity index (χ0v) is 13.0. The van der Waals surface area contributed by atoms with Crippen molar-refractivity contribution in [2.45, 2.75) is 19.4 Å². The van der Waals surface area contributed by atoms with Crippen LogP contribution in [0.25, 0.3) is 11.0 Å². The van der Waals surface area contributed by atoms with Crippen molar-refractivity contribution in [3.63, 3.8) is 0 Å². The Balaban J connectivity index is 1.65. The minimum absolute atomic E-state index is 0.0149. The molecule has 0 radical (unpaired) electrons. The molecule has 108 valence electrons. The smallest absolute Gasteiger partial charge is 0.261 e. The van der Waals surface area contributed by atoms with E-state index in [1.807, 2.05) is 37.3 Å². The molecular formula is C16H14ClNO2S. The molecule has 2 aromatic heterocycles. The molecule has 0 spiro atoms. The van der Waals surface area contributed by atoms with Gasteiger partial charge in [-0.05, 0) is 31.2 Å². The predicted molar refractivity (Wildman–Crippen MR) is 86.2 cm³/mol. The molecule has 0 aliphatic heterocycles. The van der Waals surface area contributed by atoms with E-state index in [1.165, 1.54) is 11.3 Å². The summed E-state index contributed by atoms with van der Waals surface area (Å²) in [5, 5.41) is 4.03. The third kappa shape index (κ3) is 3.28. The van der Waals surface area contributed by atoms with Crippen LogP contribution in [0.3, 0.4) is 0 Å². The van der Waals surface area contributed by atoms with Gasteiger partial charge in [0.15, 0.2) is 0 Å². The van der Waals surface area contributed by atoms with Crippen LogP contribution < -0.4 is 5.32 Å². The van der Waals surface area contributed by atoms with Crippen molar-refractivity contribution in [3.8, 4) is 0 Å². The van der Waals surface area contributed by atoms with Gasteiger partial charge >= 0.3 is 0 Å². The molecule has 0 aliphatic rings. The van der Waals surface area contributed by atoms with Crippen LogP contribution in [0.1, 0.15) is 22.4 Å². The molecule has 1 atom stereocenters. The van der Waals surface area contributed by atoms with Gasteiger partial charge in [-0.25, -0.2) is 0 Å². The highest BCUT2D eigenvalue weighted by Gasteiger charge is 2.14. The molecule has 0 fully saturated rings. The molecule has 0 saturated carbocycles. The minimum Gasteiger partial charge on any atom is -0.461 e. The van der Waals surface area contributed by atoms with Crippen molar-refractivity contribution in [2.75, 3.05) is 0 Å². The number of carbonyl (C=O) groups is 1. The van der Waals surface area contributed by atoms with Crippen LogP contribution in [-0.2, 0) is 6.42 Å². The normalized spacial score (nSPS) is 12.5. The molecule has 0 saturated heterocycles. The summed E-state index contributed by atoms with van der Waals surface area (Å²) in [4.78, 5) is 12.7. The Bertz CT molecular complexity index is 744. The van der Waals surface area contributed by atoms with Crippen LogP contribution >= 0.6 is 22.9 Å². The highest BCUT2D eigenvalue weighted by atomic mass is 35.5. The topological polar surface area (TPSA) is 42.2 Å². The summed E-state index contributed by atoms with van der Waals surface area (Å²) < 4.78 is 6.38. The Labute approximate surface area is 131 Å². The number of amides is 1. The average Bonchev–Trinajstić information content (AvgIpc) is 3.03. The van der Waals surface area contributed by atoms with Gasteiger partial charge in [-0.15, -0.1) is 11.3 Å². The molecule has 3 aromatic rings. The zero-order valence-electron chi connectivity index (χ0n) is 11.4. The second-order valence-corrected chi connectivity index (χ2v) is 6.65. The first-order chi connectivity index (χ1) is 10.1. The Morgan fingerprint density at radius 1 is 1.33 bits per heavy atom. The molecule has 0 bridgehead atoms. The number of halogens is 1. The quantitative estimate of drug-likeness (QED) is 0.769. The SMILES string of the molecule is CC(Cc1cc2ccccc2o1)NC(=O)c1ccc(Cl)s1. The fourth-order valence-electron chi connectivity index (χ4n) is 2.22. The lowest BCUT2D eigenvalue weighted by molar-refractivity contribution is 0.0943. The van der Waals surface area contributed by atoms with Crippen LogP contribution in [0.15, 0.2) is 46.9 Å². The lowest BCUT2D eigenvalue weighted by Crippen LogP contribution is -2.33. The van der Waals surface area contributed by atoms with Gasteiger partial charge in [0.2, 0.25) is 0 Å². The molecule has 0 aliphatic carbocycles. The Morgan fingerprint density at radius 3 is 2.86 bits per heavy atom. The summed E-state index contributed by atoms with van der Waals surface area (Å²) in [5.74, 6) is 0.767. The molecule has 1 unspecified atom stereocenters. The molecular weight excluding hydrogens is 306 g/mol. The molecule has 21 heavy (non-hydrogen) atoms. The lowest BCUT2D eigenvalue weighted by Gasteiger charge is -2.11. The van der Waals surface area contributed by atoms with Gasteiger partial charge < -0.3 is 9.73 Å². The van der Waals surface area contributed by atoms with E-state index in [4.69, 9.17) is 16.0 Å². The summed E-state index contributed by atoms with van der Waals surface area (Å²) in [5.41, 5.74) is 0.871. The number of nitrogens with one attached hydrogen (secondary N) is 1. The number of rotatable bonds is 4. The van der Waals surface area contributed by atoms with Crippen molar-refractivity contribution >= 4 is 39.8 Å². The van der Waals surface area contributed by atoms with E-state index in [-0.39, 0.29) is 11.9 Å². The number of para-hydroxylation sites is 1. The molecule has 1 N–H and O–H groups in total. The number of hydrogen-bond donors (Lipinski definition) is 1. The molecule has 1 amide bonds. The predicted octanol–water partition coefficient (Wildman–Crippen LogP) is 4.51. The van der Waals surface area contributed by atoms with Gasteiger partial charge in [0.25, 0.3) is 5.91 Å². The van der Waals surface area contributed by atoms with E-state index >= 15 is 0 Å². The van der Waals surface area contributed by atoms with Gasteiger partial charge in [-0.1, -0.05) is 29.8 Å². The van der Waals surface area contributed by atoms with Gasteiger partial charge in [0, 0.05) is 17.8 Å².